The highest BCUT2D eigenvalue weighted by atomic mass is 35.5. The summed E-state index contributed by atoms with van der Waals surface area (Å²) in [5.74, 6) is 1.77. The normalized spacial score (nSPS) is 16.8. The summed E-state index contributed by atoms with van der Waals surface area (Å²) >= 11 is 6.05. The molecule has 2 aromatic carbocycles. The first-order chi connectivity index (χ1) is 15.5. The van der Waals surface area contributed by atoms with E-state index in [9.17, 15) is 4.79 Å². The van der Waals surface area contributed by atoms with E-state index in [2.05, 4.69) is 20.4 Å². The number of hydrogen-bond acceptors (Lipinski definition) is 6. The van der Waals surface area contributed by atoms with Crippen LogP contribution in [0.1, 0.15) is 32.6 Å². The maximum Gasteiger partial charge on any atom is 0.241 e. The number of halogens is 1. The average molecular weight is 455 g/mol. The van der Waals surface area contributed by atoms with E-state index in [1.165, 1.54) is 0 Å². The molecule has 0 spiro atoms. The molecule has 168 valence electrons. The summed E-state index contributed by atoms with van der Waals surface area (Å²) < 4.78 is 11.1. The second kappa shape index (κ2) is 10.1. The van der Waals surface area contributed by atoms with E-state index in [1.54, 1.807) is 12.1 Å². The predicted molar refractivity (Wildman–Crippen MR) is 124 cm³/mol. The van der Waals surface area contributed by atoms with Gasteiger partial charge in [-0.15, -0.1) is 0 Å². The van der Waals surface area contributed by atoms with Gasteiger partial charge in [-0.25, -0.2) is 0 Å². The number of nitrogens with one attached hydrogen (secondary N) is 1. The third-order valence-corrected chi connectivity index (χ3v) is 5.51. The number of aromatic nitrogens is 2. The molecule has 0 aliphatic carbocycles. The maximum absolute atomic E-state index is 12.8. The number of ether oxygens (including phenoxy) is 1. The van der Waals surface area contributed by atoms with Gasteiger partial charge in [0.2, 0.25) is 17.6 Å². The SMILES string of the molecule is CC(C)Oc1ccc(NC(=O)C2CCCN(Cc3nc(-c4cccc(Cl)c4)no3)C2)cc1. The molecule has 1 N–H and O–H groups in total. The lowest BCUT2D eigenvalue weighted by atomic mass is 9.97. The number of hydrogen-bond donors (Lipinski definition) is 1. The van der Waals surface area contributed by atoms with Crippen LogP contribution in [-0.2, 0) is 11.3 Å². The fraction of sp³-hybridized carbons (Fsp3) is 0.375. The molecule has 0 radical (unpaired) electrons. The van der Waals surface area contributed by atoms with Crippen LogP contribution in [0.25, 0.3) is 11.4 Å². The van der Waals surface area contributed by atoms with Crippen molar-refractivity contribution in [1.29, 1.82) is 0 Å². The van der Waals surface area contributed by atoms with Gasteiger partial charge in [0.15, 0.2) is 0 Å². The van der Waals surface area contributed by atoms with Gasteiger partial charge >= 0.3 is 0 Å². The van der Waals surface area contributed by atoms with Gasteiger partial charge in [-0.2, -0.15) is 4.98 Å². The molecule has 8 heteroatoms. The molecule has 0 bridgehead atoms. The Morgan fingerprint density at radius 2 is 2.09 bits per heavy atom. The zero-order chi connectivity index (χ0) is 22.5. The quantitative estimate of drug-likeness (QED) is 0.539. The summed E-state index contributed by atoms with van der Waals surface area (Å²) in [6.45, 7) is 6.02. The molecule has 0 saturated carbocycles. The van der Waals surface area contributed by atoms with Crippen LogP contribution in [0.15, 0.2) is 53.1 Å². The fourth-order valence-electron chi connectivity index (χ4n) is 3.80. The van der Waals surface area contributed by atoms with Crippen molar-refractivity contribution in [3.05, 3.63) is 59.4 Å². The number of rotatable bonds is 7. The van der Waals surface area contributed by atoms with E-state index < -0.39 is 0 Å². The zero-order valence-corrected chi connectivity index (χ0v) is 19.0. The second-order valence-corrected chi connectivity index (χ2v) is 8.71. The number of benzene rings is 2. The number of piperidine rings is 1. The Labute approximate surface area is 192 Å². The van der Waals surface area contributed by atoms with Crippen LogP contribution in [-0.4, -0.2) is 40.1 Å². The number of likely N-dealkylation sites (tertiary alicyclic amines) is 1. The van der Waals surface area contributed by atoms with Crippen LogP contribution >= 0.6 is 11.6 Å². The highest BCUT2D eigenvalue weighted by molar-refractivity contribution is 6.30. The lowest BCUT2D eigenvalue weighted by Crippen LogP contribution is -2.40. The smallest absolute Gasteiger partial charge is 0.241 e. The summed E-state index contributed by atoms with van der Waals surface area (Å²) in [6.07, 6.45) is 1.91. The fourth-order valence-corrected chi connectivity index (χ4v) is 3.99. The second-order valence-electron chi connectivity index (χ2n) is 8.28. The monoisotopic (exact) mass is 454 g/mol. The molecular weight excluding hydrogens is 428 g/mol. The molecule has 1 atom stereocenters. The highest BCUT2D eigenvalue weighted by Gasteiger charge is 2.27. The topological polar surface area (TPSA) is 80.5 Å². The Balaban J connectivity index is 1.33. The number of carbonyl (C=O) groups excluding carboxylic acids is 1. The molecule has 2 heterocycles. The molecule has 1 unspecified atom stereocenters. The van der Waals surface area contributed by atoms with Gasteiger partial charge in [0.1, 0.15) is 5.75 Å². The number of nitrogens with zero attached hydrogens (tertiary/aromatic N) is 3. The Bertz CT molecular complexity index is 1050. The lowest BCUT2D eigenvalue weighted by Gasteiger charge is -2.30. The first-order valence-corrected chi connectivity index (χ1v) is 11.2. The molecule has 7 nitrogen and oxygen atoms in total. The molecule has 32 heavy (non-hydrogen) atoms. The Morgan fingerprint density at radius 1 is 1.28 bits per heavy atom. The highest BCUT2D eigenvalue weighted by Crippen LogP contribution is 2.23. The van der Waals surface area contributed by atoms with E-state index in [0.29, 0.717) is 29.8 Å². The van der Waals surface area contributed by atoms with E-state index in [-0.39, 0.29) is 17.9 Å². The summed E-state index contributed by atoms with van der Waals surface area (Å²) in [5.41, 5.74) is 1.58. The van der Waals surface area contributed by atoms with Gasteiger partial charge in [-0.05, 0) is 69.6 Å². The third-order valence-electron chi connectivity index (χ3n) is 5.28. The van der Waals surface area contributed by atoms with Crippen molar-refractivity contribution in [3.8, 4) is 17.1 Å². The molecular formula is C24H27ClN4O3. The van der Waals surface area contributed by atoms with Crippen LogP contribution < -0.4 is 10.1 Å². The standard InChI is InChI=1S/C24H27ClN4O3/c1-16(2)31-21-10-8-20(9-11-21)26-24(30)18-6-4-12-29(14-18)15-22-27-23(28-32-22)17-5-3-7-19(25)13-17/h3,5,7-11,13,16,18H,4,6,12,14-15H2,1-2H3,(H,26,30). The van der Waals surface area contributed by atoms with Gasteiger partial charge in [-0.1, -0.05) is 28.9 Å². The molecule has 1 aliphatic rings. The Hall–Kier alpha value is -2.90. The summed E-state index contributed by atoms with van der Waals surface area (Å²) in [7, 11) is 0. The maximum atomic E-state index is 12.8. The molecule has 1 saturated heterocycles. The summed E-state index contributed by atoms with van der Waals surface area (Å²) in [6, 6.07) is 14.8. The number of amides is 1. The van der Waals surface area contributed by atoms with Crippen molar-refractivity contribution in [2.75, 3.05) is 18.4 Å². The van der Waals surface area contributed by atoms with Crippen molar-refractivity contribution in [3.63, 3.8) is 0 Å². The number of carbonyl (C=O) groups is 1. The van der Waals surface area contributed by atoms with Crippen molar-refractivity contribution in [1.82, 2.24) is 15.0 Å². The van der Waals surface area contributed by atoms with Crippen molar-refractivity contribution >= 4 is 23.2 Å². The lowest BCUT2D eigenvalue weighted by molar-refractivity contribution is -0.121. The van der Waals surface area contributed by atoms with Gasteiger partial charge in [0, 0.05) is 22.8 Å². The van der Waals surface area contributed by atoms with E-state index in [0.717, 1.165) is 36.4 Å². The zero-order valence-electron chi connectivity index (χ0n) is 18.3. The summed E-state index contributed by atoms with van der Waals surface area (Å²) in [5, 5.41) is 7.72. The Morgan fingerprint density at radius 3 is 2.84 bits per heavy atom. The largest absolute Gasteiger partial charge is 0.491 e. The first-order valence-electron chi connectivity index (χ1n) is 10.8. The van der Waals surface area contributed by atoms with E-state index in [4.69, 9.17) is 20.9 Å². The molecule has 1 aliphatic heterocycles. The van der Waals surface area contributed by atoms with Crippen LogP contribution in [0.4, 0.5) is 5.69 Å². The Kier molecular flexibility index (Phi) is 7.07. The summed E-state index contributed by atoms with van der Waals surface area (Å²) in [4.78, 5) is 19.5. The minimum Gasteiger partial charge on any atom is -0.491 e. The van der Waals surface area contributed by atoms with Crippen molar-refractivity contribution < 1.29 is 14.1 Å². The molecule has 1 amide bonds. The van der Waals surface area contributed by atoms with Gasteiger partial charge in [0.05, 0.1) is 18.6 Å². The molecule has 1 fully saturated rings. The third kappa shape index (κ3) is 5.87. The molecule has 1 aromatic heterocycles. The van der Waals surface area contributed by atoms with Gasteiger partial charge in [-0.3, -0.25) is 9.69 Å². The van der Waals surface area contributed by atoms with Crippen LogP contribution in [0, 0.1) is 5.92 Å². The van der Waals surface area contributed by atoms with Crippen LogP contribution in [0.2, 0.25) is 5.02 Å². The van der Waals surface area contributed by atoms with E-state index >= 15 is 0 Å². The van der Waals surface area contributed by atoms with E-state index in [1.807, 2.05) is 50.2 Å². The van der Waals surface area contributed by atoms with Crippen LogP contribution in [0.5, 0.6) is 5.75 Å². The average Bonchev–Trinajstić information content (AvgIpc) is 3.23. The molecule has 3 aromatic rings. The minimum absolute atomic E-state index is 0.0253. The van der Waals surface area contributed by atoms with Crippen molar-refractivity contribution in [2.24, 2.45) is 5.92 Å². The predicted octanol–water partition coefficient (Wildman–Crippen LogP) is 5.03. The van der Waals surface area contributed by atoms with Crippen LogP contribution in [0.3, 0.4) is 0 Å². The first kappa shape index (κ1) is 22.3. The van der Waals surface area contributed by atoms with Crippen molar-refractivity contribution in [2.45, 2.75) is 39.3 Å². The molecule has 4 rings (SSSR count). The van der Waals surface area contributed by atoms with Gasteiger partial charge in [0.25, 0.3) is 0 Å². The van der Waals surface area contributed by atoms with Gasteiger partial charge < -0.3 is 14.6 Å². The minimum atomic E-state index is -0.0920. The number of anilines is 1.